The smallest absolute Gasteiger partial charge is 0.270 e. The number of rotatable bonds is 8. The Morgan fingerprint density at radius 3 is 2.62 bits per heavy atom. The Bertz CT molecular complexity index is 1090. The molecule has 32 heavy (non-hydrogen) atoms. The van der Waals surface area contributed by atoms with Gasteiger partial charge < -0.3 is 26.1 Å². The third-order valence-electron chi connectivity index (χ3n) is 5.40. The van der Waals surface area contributed by atoms with E-state index in [1.54, 1.807) is 12.1 Å². The van der Waals surface area contributed by atoms with Crippen LogP contribution in [-0.2, 0) is 11.3 Å². The Balaban J connectivity index is 1.72. The molecule has 1 fully saturated rings. The highest BCUT2D eigenvalue weighted by atomic mass is 32.1. The molecule has 3 amide bonds. The second kappa shape index (κ2) is 9.53. The molecule has 1 aliphatic rings. The van der Waals surface area contributed by atoms with Crippen LogP contribution in [0.3, 0.4) is 0 Å². The zero-order chi connectivity index (χ0) is 22.7. The lowest BCUT2D eigenvalue weighted by molar-refractivity contribution is -0.126. The van der Waals surface area contributed by atoms with Gasteiger partial charge in [0.2, 0.25) is 5.91 Å². The van der Waals surface area contributed by atoms with Gasteiger partial charge in [-0.05, 0) is 48.0 Å². The summed E-state index contributed by atoms with van der Waals surface area (Å²) in [6.07, 6.45) is 5.47. The summed E-state index contributed by atoms with van der Waals surface area (Å²) in [6.45, 7) is 0.0374. The van der Waals surface area contributed by atoms with E-state index in [2.05, 4.69) is 9.69 Å². The van der Waals surface area contributed by atoms with E-state index in [1.165, 1.54) is 22.5 Å². The number of nitrogens with two attached hydrogens (primary N) is 2. The Hall–Kier alpha value is -3.18. The van der Waals surface area contributed by atoms with Gasteiger partial charge in [-0.2, -0.15) is 4.37 Å². The molecule has 0 bridgehead atoms. The molecular weight excluding hydrogens is 450 g/mol. The number of anilines is 1. The first-order chi connectivity index (χ1) is 15.5. The summed E-state index contributed by atoms with van der Waals surface area (Å²) in [7, 11) is 0. The summed E-state index contributed by atoms with van der Waals surface area (Å²) in [4.78, 5) is 40.9. The maximum absolute atomic E-state index is 13.7. The lowest BCUT2D eigenvalue weighted by atomic mass is 10.1. The quantitative estimate of drug-likeness (QED) is 0.459. The predicted molar refractivity (Wildman–Crippen MR) is 121 cm³/mol. The van der Waals surface area contributed by atoms with Crippen LogP contribution in [-0.4, -0.2) is 33.0 Å². The number of furan rings is 1. The molecule has 1 saturated carbocycles. The Kier molecular flexibility index (Phi) is 6.56. The van der Waals surface area contributed by atoms with Crippen LogP contribution in [0, 0.1) is 0 Å². The maximum Gasteiger partial charge on any atom is 0.270 e. The maximum atomic E-state index is 13.7. The number of carbonyl (C=O) groups is 3. The van der Waals surface area contributed by atoms with E-state index in [-0.39, 0.29) is 34.8 Å². The van der Waals surface area contributed by atoms with Crippen LogP contribution < -0.4 is 16.8 Å². The molecule has 1 atom stereocenters. The molecular formula is C21H23N5O4S2. The van der Waals surface area contributed by atoms with Gasteiger partial charge in [-0.1, -0.05) is 18.9 Å². The number of aromatic nitrogens is 1. The van der Waals surface area contributed by atoms with Gasteiger partial charge >= 0.3 is 0 Å². The van der Waals surface area contributed by atoms with Gasteiger partial charge in [-0.25, -0.2) is 0 Å². The van der Waals surface area contributed by atoms with Crippen LogP contribution >= 0.6 is 22.9 Å². The van der Waals surface area contributed by atoms with Gasteiger partial charge in [-0.3, -0.25) is 14.4 Å². The summed E-state index contributed by atoms with van der Waals surface area (Å²) >= 11 is 2.17. The topological polar surface area (TPSA) is 145 Å². The number of thiophene rings is 1. The SMILES string of the molecule is NC(=O)c1nsc(C(=O)N(Cc2ccco2)C(C(=O)NC2CCCC2)c2cccs2)c1N. The summed E-state index contributed by atoms with van der Waals surface area (Å²) in [6, 6.07) is 6.27. The molecule has 0 saturated heterocycles. The van der Waals surface area contributed by atoms with Crippen molar-refractivity contribution in [2.24, 2.45) is 5.73 Å². The number of hydrogen-bond acceptors (Lipinski definition) is 8. The van der Waals surface area contributed by atoms with Crippen LogP contribution in [0.4, 0.5) is 5.69 Å². The highest BCUT2D eigenvalue weighted by Crippen LogP contribution is 2.32. The lowest BCUT2D eigenvalue weighted by Gasteiger charge is -2.30. The van der Waals surface area contributed by atoms with Crippen molar-refractivity contribution in [1.29, 1.82) is 0 Å². The summed E-state index contributed by atoms with van der Waals surface area (Å²) in [5.41, 5.74) is 11.1. The molecule has 3 heterocycles. The van der Waals surface area contributed by atoms with Crippen LogP contribution in [0.2, 0.25) is 0 Å². The Morgan fingerprint density at radius 2 is 2.03 bits per heavy atom. The first-order valence-corrected chi connectivity index (χ1v) is 11.8. The molecule has 3 aromatic rings. The third-order valence-corrected chi connectivity index (χ3v) is 7.17. The fourth-order valence-electron chi connectivity index (χ4n) is 3.83. The molecule has 5 N–H and O–H groups in total. The molecule has 11 heteroatoms. The van der Waals surface area contributed by atoms with E-state index < -0.39 is 17.9 Å². The van der Waals surface area contributed by atoms with Crippen molar-refractivity contribution >= 4 is 46.3 Å². The van der Waals surface area contributed by atoms with Crippen molar-refractivity contribution in [2.45, 2.75) is 44.3 Å². The number of nitrogen functional groups attached to an aromatic ring is 1. The van der Waals surface area contributed by atoms with Crippen LogP contribution in [0.1, 0.15) is 62.5 Å². The van der Waals surface area contributed by atoms with Gasteiger partial charge in [0.15, 0.2) is 5.69 Å². The first-order valence-electron chi connectivity index (χ1n) is 10.2. The van der Waals surface area contributed by atoms with E-state index in [9.17, 15) is 14.4 Å². The molecule has 1 aliphatic carbocycles. The molecule has 9 nitrogen and oxygen atoms in total. The third kappa shape index (κ3) is 4.53. The largest absolute Gasteiger partial charge is 0.467 e. The summed E-state index contributed by atoms with van der Waals surface area (Å²) in [5.74, 6) is -1.10. The van der Waals surface area contributed by atoms with Crippen LogP contribution in [0.5, 0.6) is 0 Å². The number of hydrogen-bond donors (Lipinski definition) is 3. The molecule has 3 aromatic heterocycles. The van der Waals surface area contributed by atoms with Crippen molar-refractivity contribution in [3.8, 4) is 0 Å². The number of carbonyl (C=O) groups excluding carboxylic acids is 3. The molecule has 0 aromatic carbocycles. The van der Waals surface area contributed by atoms with Gasteiger partial charge in [0.25, 0.3) is 11.8 Å². The zero-order valence-corrected chi connectivity index (χ0v) is 18.8. The van der Waals surface area contributed by atoms with Crippen LogP contribution in [0.25, 0.3) is 0 Å². The summed E-state index contributed by atoms with van der Waals surface area (Å²) < 4.78 is 9.40. The second-order valence-corrected chi connectivity index (χ2v) is 9.31. The van der Waals surface area contributed by atoms with E-state index in [4.69, 9.17) is 15.9 Å². The Morgan fingerprint density at radius 1 is 1.25 bits per heavy atom. The van der Waals surface area contributed by atoms with Gasteiger partial charge in [0, 0.05) is 10.9 Å². The van der Waals surface area contributed by atoms with Crippen molar-refractivity contribution in [3.05, 3.63) is 57.1 Å². The lowest BCUT2D eigenvalue weighted by Crippen LogP contribution is -2.45. The normalized spacial score (nSPS) is 14.9. The molecule has 168 valence electrons. The minimum absolute atomic E-state index is 0.0374. The fraction of sp³-hybridized carbons (Fsp3) is 0.333. The fourth-order valence-corrected chi connectivity index (χ4v) is 5.43. The van der Waals surface area contributed by atoms with E-state index in [1.807, 2.05) is 17.5 Å². The minimum Gasteiger partial charge on any atom is -0.467 e. The average Bonchev–Trinajstić information content (AvgIpc) is 3.55. The number of nitrogens with zero attached hydrogens (tertiary/aromatic N) is 2. The van der Waals surface area contributed by atoms with E-state index in [0.717, 1.165) is 37.2 Å². The van der Waals surface area contributed by atoms with Gasteiger partial charge in [-0.15, -0.1) is 11.3 Å². The monoisotopic (exact) mass is 473 g/mol. The molecule has 0 radical (unpaired) electrons. The van der Waals surface area contributed by atoms with Gasteiger partial charge in [0.1, 0.15) is 16.7 Å². The van der Waals surface area contributed by atoms with E-state index >= 15 is 0 Å². The van der Waals surface area contributed by atoms with Crippen LogP contribution in [0.15, 0.2) is 40.3 Å². The summed E-state index contributed by atoms with van der Waals surface area (Å²) in [5, 5.41) is 4.95. The number of nitrogens with one attached hydrogen (secondary N) is 1. The first kappa shape index (κ1) is 22.0. The highest BCUT2D eigenvalue weighted by Gasteiger charge is 2.37. The highest BCUT2D eigenvalue weighted by molar-refractivity contribution is 7.10. The molecule has 4 rings (SSSR count). The number of amides is 3. The second-order valence-electron chi connectivity index (χ2n) is 7.56. The van der Waals surface area contributed by atoms with Crippen molar-refractivity contribution < 1.29 is 18.8 Å². The van der Waals surface area contributed by atoms with Crippen molar-refractivity contribution in [1.82, 2.24) is 14.6 Å². The molecule has 0 spiro atoms. The van der Waals surface area contributed by atoms with Crippen molar-refractivity contribution in [3.63, 3.8) is 0 Å². The minimum atomic E-state index is -0.897. The van der Waals surface area contributed by atoms with E-state index in [0.29, 0.717) is 10.6 Å². The average molecular weight is 474 g/mol. The standard InChI is InChI=1S/C21H23N5O4S2/c22-15-16(19(23)27)25-32-18(15)21(29)26(11-13-7-3-9-30-13)17(14-8-4-10-31-14)20(28)24-12-5-1-2-6-12/h3-4,7-10,12,17H,1-2,5-6,11,22H2,(H2,23,27)(H,24,28). The number of primary amides is 1. The van der Waals surface area contributed by atoms with Gasteiger partial charge in [0.05, 0.1) is 18.5 Å². The zero-order valence-electron chi connectivity index (χ0n) is 17.2. The predicted octanol–water partition coefficient (Wildman–Crippen LogP) is 2.92. The molecule has 0 aliphatic heterocycles. The Labute approximate surface area is 192 Å². The van der Waals surface area contributed by atoms with Crippen molar-refractivity contribution in [2.75, 3.05) is 5.73 Å². The molecule has 1 unspecified atom stereocenters.